The Balaban J connectivity index is 1.75. The van der Waals surface area contributed by atoms with Gasteiger partial charge < -0.3 is 10.6 Å². The Bertz CT molecular complexity index is 718. The summed E-state index contributed by atoms with van der Waals surface area (Å²) in [5, 5.41) is 10.1. The van der Waals surface area contributed by atoms with E-state index in [2.05, 4.69) is 15.7 Å². The normalized spacial score (nSPS) is 10.3. The first-order valence-electron chi connectivity index (χ1n) is 6.58. The number of benzene rings is 1. The quantitative estimate of drug-likeness (QED) is 0.821. The molecule has 2 rings (SSSR count). The molecule has 6 nitrogen and oxygen atoms in total. The number of hydrogen-bond acceptors (Lipinski definition) is 3. The highest BCUT2D eigenvalue weighted by Gasteiger charge is 2.04. The average molecular weight is 341 g/mol. The number of nitrogens with one attached hydrogen (secondary N) is 2. The highest BCUT2D eigenvalue weighted by Crippen LogP contribution is 2.24. The number of aromatic nitrogens is 2. The maximum Gasteiger partial charge on any atom is 0.319 e. The molecule has 0 aliphatic rings. The summed E-state index contributed by atoms with van der Waals surface area (Å²) in [6, 6.07) is 7.50. The van der Waals surface area contributed by atoms with Crippen molar-refractivity contribution >= 4 is 34.9 Å². The number of anilines is 1. The second-order valence-corrected chi connectivity index (χ2v) is 5.26. The zero-order chi connectivity index (χ0) is 15.9. The molecule has 1 aromatic heterocycles. The number of carbonyl (C=O) groups excluding carboxylic acids is 1. The largest absolute Gasteiger partial charge is 0.338 e. The fourth-order valence-electron chi connectivity index (χ4n) is 1.74. The smallest absolute Gasteiger partial charge is 0.319 e. The third-order valence-electron chi connectivity index (χ3n) is 2.80. The molecule has 0 aliphatic heterocycles. The Morgan fingerprint density at radius 1 is 1.23 bits per heavy atom. The van der Waals surface area contributed by atoms with E-state index in [1.807, 2.05) is 0 Å². The number of urea groups is 1. The monoisotopic (exact) mass is 340 g/mol. The van der Waals surface area contributed by atoms with Gasteiger partial charge in [-0.05, 0) is 30.7 Å². The molecular weight excluding hydrogens is 327 g/mol. The lowest BCUT2D eigenvalue weighted by Gasteiger charge is -2.08. The van der Waals surface area contributed by atoms with Crippen LogP contribution in [0.1, 0.15) is 6.42 Å². The van der Waals surface area contributed by atoms with Gasteiger partial charge in [0.15, 0.2) is 0 Å². The number of halogens is 2. The van der Waals surface area contributed by atoms with E-state index in [1.165, 1.54) is 10.7 Å². The topological polar surface area (TPSA) is 76.0 Å². The Kier molecular flexibility index (Phi) is 5.80. The van der Waals surface area contributed by atoms with Gasteiger partial charge in [0, 0.05) is 31.0 Å². The van der Waals surface area contributed by atoms with E-state index in [0.717, 1.165) is 0 Å². The van der Waals surface area contributed by atoms with Crippen molar-refractivity contribution in [1.29, 1.82) is 0 Å². The molecule has 0 saturated heterocycles. The average Bonchev–Trinajstić information content (AvgIpc) is 2.49. The van der Waals surface area contributed by atoms with E-state index in [4.69, 9.17) is 23.2 Å². The van der Waals surface area contributed by atoms with Gasteiger partial charge in [-0.25, -0.2) is 9.48 Å². The number of carbonyl (C=O) groups is 1. The molecule has 1 heterocycles. The molecule has 2 amide bonds. The molecule has 0 spiro atoms. The third-order valence-corrected chi connectivity index (χ3v) is 3.53. The second-order valence-electron chi connectivity index (χ2n) is 4.45. The molecule has 0 unspecified atom stereocenters. The third kappa shape index (κ3) is 4.75. The fourth-order valence-corrected chi connectivity index (χ4v) is 2.03. The number of hydrogen-bond donors (Lipinski definition) is 2. The van der Waals surface area contributed by atoms with Gasteiger partial charge in [-0.15, -0.1) is 0 Å². The first-order valence-corrected chi connectivity index (χ1v) is 7.34. The van der Waals surface area contributed by atoms with Crippen molar-refractivity contribution in [1.82, 2.24) is 15.1 Å². The molecule has 0 aliphatic carbocycles. The fraction of sp³-hybridized carbons (Fsp3) is 0.214. The second kappa shape index (κ2) is 7.82. The molecule has 8 heteroatoms. The Hall–Kier alpha value is -2.05. The van der Waals surface area contributed by atoms with Crippen molar-refractivity contribution in [3.05, 3.63) is 56.9 Å². The van der Waals surface area contributed by atoms with Crippen LogP contribution in [0.2, 0.25) is 10.0 Å². The van der Waals surface area contributed by atoms with Crippen LogP contribution in [0.5, 0.6) is 0 Å². The summed E-state index contributed by atoms with van der Waals surface area (Å²) in [6.45, 7) is 0.850. The minimum absolute atomic E-state index is 0.164. The minimum atomic E-state index is -0.355. The van der Waals surface area contributed by atoms with Crippen LogP contribution < -0.4 is 16.2 Å². The molecular formula is C14H14Cl2N4O2. The molecule has 0 fully saturated rings. The molecule has 0 bridgehead atoms. The van der Waals surface area contributed by atoms with E-state index >= 15 is 0 Å². The van der Waals surface area contributed by atoms with Crippen LogP contribution in [0.15, 0.2) is 41.3 Å². The van der Waals surface area contributed by atoms with E-state index in [9.17, 15) is 9.59 Å². The summed E-state index contributed by atoms with van der Waals surface area (Å²) in [5.74, 6) is 0. The first kappa shape index (κ1) is 16.3. The highest BCUT2D eigenvalue weighted by molar-refractivity contribution is 6.42. The SMILES string of the molecule is O=C(NCCCn1ncccc1=O)Nc1ccc(Cl)c(Cl)c1. The van der Waals surface area contributed by atoms with Crippen LogP contribution in [-0.2, 0) is 6.54 Å². The van der Waals surface area contributed by atoms with Gasteiger partial charge in [-0.3, -0.25) is 4.79 Å². The van der Waals surface area contributed by atoms with Crippen molar-refractivity contribution in [2.45, 2.75) is 13.0 Å². The van der Waals surface area contributed by atoms with Crippen LogP contribution in [-0.4, -0.2) is 22.4 Å². The molecule has 22 heavy (non-hydrogen) atoms. The lowest BCUT2D eigenvalue weighted by Crippen LogP contribution is -2.31. The molecule has 2 N–H and O–H groups in total. The van der Waals surface area contributed by atoms with Gasteiger partial charge >= 0.3 is 6.03 Å². The maximum atomic E-state index is 11.7. The standard InChI is InChI=1S/C14H14Cl2N4O2/c15-11-5-4-10(9-12(11)16)19-14(22)17-6-2-8-20-13(21)3-1-7-18-20/h1,3-5,7,9H,2,6,8H2,(H2,17,19,22). The van der Waals surface area contributed by atoms with Crippen molar-refractivity contribution in [3.8, 4) is 0 Å². The molecule has 0 radical (unpaired) electrons. The molecule has 2 aromatic rings. The van der Waals surface area contributed by atoms with Crippen molar-refractivity contribution in [2.75, 3.05) is 11.9 Å². The maximum absolute atomic E-state index is 11.7. The Morgan fingerprint density at radius 3 is 2.77 bits per heavy atom. The van der Waals surface area contributed by atoms with Crippen LogP contribution in [0.4, 0.5) is 10.5 Å². The first-order chi connectivity index (χ1) is 10.6. The summed E-state index contributed by atoms with van der Waals surface area (Å²) in [5.41, 5.74) is 0.385. The summed E-state index contributed by atoms with van der Waals surface area (Å²) >= 11 is 11.7. The molecule has 1 aromatic carbocycles. The van der Waals surface area contributed by atoms with E-state index in [-0.39, 0.29) is 11.6 Å². The van der Waals surface area contributed by atoms with Crippen LogP contribution in [0.25, 0.3) is 0 Å². The predicted molar refractivity (Wildman–Crippen MR) is 86.6 cm³/mol. The number of nitrogens with zero attached hydrogens (tertiary/aromatic N) is 2. The zero-order valence-corrected chi connectivity index (χ0v) is 13.1. The van der Waals surface area contributed by atoms with Crippen molar-refractivity contribution in [2.24, 2.45) is 0 Å². The number of rotatable bonds is 5. The van der Waals surface area contributed by atoms with Crippen molar-refractivity contribution in [3.63, 3.8) is 0 Å². The van der Waals surface area contributed by atoms with Crippen LogP contribution >= 0.6 is 23.2 Å². The molecule has 0 atom stereocenters. The van der Waals surface area contributed by atoms with Gasteiger partial charge in [0.25, 0.3) is 5.56 Å². The predicted octanol–water partition coefficient (Wildman–Crippen LogP) is 2.76. The molecule has 0 saturated carbocycles. The lowest BCUT2D eigenvalue weighted by molar-refractivity contribution is 0.251. The van der Waals surface area contributed by atoms with E-state index in [1.54, 1.807) is 30.5 Å². The Morgan fingerprint density at radius 2 is 2.05 bits per heavy atom. The van der Waals surface area contributed by atoms with Gasteiger partial charge in [-0.1, -0.05) is 23.2 Å². The van der Waals surface area contributed by atoms with Crippen molar-refractivity contribution < 1.29 is 4.79 Å². The summed E-state index contributed by atoms with van der Waals surface area (Å²) in [6.07, 6.45) is 2.14. The van der Waals surface area contributed by atoms with Crippen LogP contribution in [0.3, 0.4) is 0 Å². The van der Waals surface area contributed by atoms with Crippen LogP contribution in [0, 0.1) is 0 Å². The summed E-state index contributed by atoms with van der Waals surface area (Å²) < 4.78 is 1.35. The number of amides is 2. The molecule has 116 valence electrons. The summed E-state index contributed by atoms with van der Waals surface area (Å²) in [4.78, 5) is 23.1. The van der Waals surface area contributed by atoms with Gasteiger partial charge in [0.1, 0.15) is 0 Å². The van der Waals surface area contributed by atoms with E-state index < -0.39 is 0 Å². The van der Waals surface area contributed by atoms with Gasteiger partial charge in [0.05, 0.1) is 10.0 Å². The highest BCUT2D eigenvalue weighted by atomic mass is 35.5. The number of aryl methyl sites for hydroxylation is 1. The summed E-state index contributed by atoms with van der Waals surface area (Å²) in [7, 11) is 0. The van der Waals surface area contributed by atoms with Gasteiger partial charge in [-0.2, -0.15) is 5.10 Å². The van der Waals surface area contributed by atoms with Gasteiger partial charge in [0.2, 0.25) is 0 Å². The zero-order valence-electron chi connectivity index (χ0n) is 11.6. The lowest BCUT2D eigenvalue weighted by atomic mass is 10.3. The minimum Gasteiger partial charge on any atom is -0.338 e. The van der Waals surface area contributed by atoms with E-state index in [0.29, 0.717) is 35.2 Å². The Labute approximate surface area is 137 Å².